The monoisotopic (exact) mass is 353 g/mol. The molecule has 0 atom stereocenters. The van der Waals surface area contributed by atoms with E-state index in [0.29, 0.717) is 6.54 Å². The molecule has 4 rings (SSSR count). The molecule has 0 radical (unpaired) electrons. The van der Waals surface area contributed by atoms with Crippen LogP contribution in [-0.4, -0.2) is 38.4 Å². The van der Waals surface area contributed by atoms with Gasteiger partial charge in [0.25, 0.3) is 0 Å². The molecule has 6 heteroatoms. The number of furan rings is 1. The van der Waals surface area contributed by atoms with Crippen molar-refractivity contribution in [3.63, 3.8) is 0 Å². The number of hydrogen-bond donors (Lipinski definition) is 1. The van der Waals surface area contributed by atoms with Crippen molar-refractivity contribution in [2.75, 3.05) is 38.3 Å². The average molecular weight is 353 g/mol. The van der Waals surface area contributed by atoms with Crippen LogP contribution >= 0.6 is 0 Å². The second kappa shape index (κ2) is 7.76. The molecule has 1 saturated heterocycles. The molecular formula is C20H23N3O3. The molecule has 1 aromatic carbocycles. The number of morpholine rings is 1. The summed E-state index contributed by atoms with van der Waals surface area (Å²) in [6, 6.07) is 12.1. The largest absolute Gasteiger partial charge is 0.493 e. The van der Waals surface area contributed by atoms with Crippen molar-refractivity contribution < 1.29 is 13.9 Å². The predicted molar refractivity (Wildman–Crippen MR) is 101 cm³/mol. The average Bonchev–Trinajstić information content (AvgIpc) is 3.12. The Kier molecular flexibility index (Phi) is 5.04. The number of methoxy groups -OCH3 is 1. The predicted octanol–water partition coefficient (Wildman–Crippen LogP) is 2.96. The van der Waals surface area contributed by atoms with E-state index >= 15 is 0 Å². The summed E-state index contributed by atoms with van der Waals surface area (Å²) in [7, 11) is 1.66. The molecule has 0 amide bonds. The first-order valence-corrected chi connectivity index (χ1v) is 8.87. The van der Waals surface area contributed by atoms with E-state index < -0.39 is 0 Å². The molecular weight excluding hydrogens is 330 g/mol. The van der Waals surface area contributed by atoms with Crippen molar-refractivity contribution in [2.24, 2.45) is 0 Å². The van der Waals surface area contributed by atoms with Crippen LogP contribution in [0.2, 0.25) is 0 Å². The van der Waals surface area contributed by atoms with Crippen LogP contribution < -0.4 is 15.0 Å². The van der Waals surface area contributed by atoms with Crippen molar-refractivity contribution >= 4 is 16.8 Å². The van der Waals surface area contributed by atoms with Gasteiger partial charge < -0.3 is 24.1 Å². The van der Waals surface area contributed by atoms with Crippen molar-refractivity contribution in [2.45, 2.75) is 13.1 Å². The molecule has 0 bridgehead atoms. The number of ether oxygens (including phenoxy) is 2. The zero-order valence-corrected chi connectivity index (χ0v) is 14.9. The molecule has 0 unspecified atom stereocenters. The quantitative estimate of drug-likeness (QED) is 0.735. The topological polar surface area (TPSA) is 59.8 Å². The summed E-state index contributed by atoms with van der Waals surface area (Å²) in [5, 5.41) is 4.50. The summed E-state index contributed by atoms with van der Waals surface area (Å²) in [5.41, 5.74) is 2.00. The number of benzene rings is 1. The minimum atomic E-state index is 0.660. The van der Waals surface area contributed by atoms with Gasteiger partial charge in [0.1, 0.15) is 11.6 Å². The van der Waals surface area contributed by atoms with E-state index in [4.69, 9.17) is 13.9 Å². The van der Waals surface area contributed by atoms with Gasteiger partial charge in [0.05, 0.1) is 26.9 Å². The van der Waals surface area contributed by atoms with Crippen LogP contribution in [0.4, 0.5) is 5.82 Å². The number of para-hydroxylation sites is 1. The fourth-order valence-corrected chi connectivity index (χ4v) is 3.20. The first-order valence-electron chi connectivity index (χ1n) is 8.87. The molecule has 136 valence electrons. The Labute approximate surface area is 152 Å². The molecule has 6 nitrogen and oxygen atoms in total. The number of aromatic nitrogens is 1. The number of anilines is 1. The van der Waals surface area contributed by atoms with Crippen molar-refractivity contribution in [1.29, 1.82) is 0 Å². The van der Waals surface area contributed by atoms with Crippen LogP contribution in [0.1, 0.15) is 11.3 Å². The minimum Gasteiger partial charge on any atom is -0.493 e. The Balaban J connectivity index is 1.39. The molecule has 0 aliphatic carbocycles. The Bertz CT molecular complexity index is 872. The van der Waals surface area contributed by atoms with Gasteiger partial charge in [-0.05, 0) is 29.8 Å². The van der Waals surface area contributed by atoms with Crippen LogP contribution in [0.15, 0.2) is 47.0 Å². The van der Waals surface area contributed by atoms with Crippen molar-refractivity contribution in [3.05, 3.63) is 53.9 Å². The van der Waals surface area contributed by atoms with E-state index in [1.165, 1.54) is 5.56 Å². The number of hydrogen-bond acceptors (Lipinski definition) is 6. The van der Waals surface area contributed by atoms with Crippen LogP contribution in [-0.2, 0) is 17.8 Å². The van der Waals surface area contributed by atoms with E-state index in [-0.39, 0.29) is 0 Å². The third-order valence-corrected chi connectivity index (χ3v) is 4.55. The maximum atomic E-state index is 5.92. The number of nitrogens with zero attached hydrogens (tertiary/aromatic N) is 2. The van der Waals surface area contributed by atoms with Gasteiger partial charge in [0.2, 0.25) is 0 Å². The van der Waals surface area contributed by atoms with E-state index in [9.17, 15) is 0 Å². The highest BCUT2D eigenvalue weighted by Gasteiger charge is 2.13. The first-order chi connectivity index (χ1) is 12.8. The van der Waals surface area contributed by atoms with Gasteiger partial charge in [-0.2, -0.15) is 0 Å². The van der Waals surface area contributed by atoms with Gasteiger partial charge in [-0.15, -0.1) is 0 Å². The van der Waals surface area contributed by atoms with Gasteiger partial charge in [-0.3, -0.25) is 0 Å². The zero-order valence-electron chi connectivity index (χ0n) is 14.9. The lowest BCUT2D eigenvalue weighted by molar-refractivity contribution is 0.122. The molecule has 3 aromatic rings. The van der Waals surface area contributed by atoms with Crippen LogP contribution in [0.25, 0.3) is 11.0 Å². The highest BCUT2D eigenvalue weighted by Crippen LogP contribution is 2.28. The van der Waals surface area contributed by atoms with Gasteiger partial charge in [-0.1, -0.05) is 12.1 Å². The molecule has 0 spiro atoms. The number of rotatable bonds is 6. The molecule has 26 heavy (non-hydrogen) atoms. The number of nitrogens with one attached hydrogen (secondary N) is 1. The summed E-state index contributed by atoms with van der Waals surface area (Å²) < 4.78 is 16.7. The normalized spacial score (nSPS) is 14.7. The number of fused-ring (bicyclic) bond motifs is 1. The second-order valence-electron chi connectivity index (χ2n) is 6.32. The molecule has 1 fully saturated rings. The maximum absolute atomic E-state index is 5.92. The Morgan fingerprint density at radius 2 is 2.04 bits per heavy atom. The van der Waals surface area contributed by atoms with E-state index in [0.717, 1.165) is 61.1 Å². The van der Waals surface area contributed by atoms with Gasteiger partial charge in [0.15, 0.2) is 11.3 Å². The summed E-state index contributed by atoms with van der Waals surface area (Å²) in [5.74, 6) is 2.67. The Hall–Kier alpha value is -2.57. The van der Waals surface area contributed by atoms with Crippen molar-refractivity contribution in [1.82, 2.24) is 10.3 Å². The van der Waals surface area contributed by atoms with Crippen LogP contribution in [0.3, 0.4) is 0 Å². The molecule has 0 saturated carbocycles. The van der Waals surface area contributed by atoms with E-state index in [1.54, 1.807) is 7.11 Å². The standard InChI is InChI=1S/C20H23N3O3/c1-24-18-4-2-3-16-12-17(26-20(16)18)14-21-13-15-5-6-22-19(11-15)23-7-9-25-10-8-23/h2-6,11-12,21H,7-10,13-14H2,1H3. The highest BCUT2D eigenvalue weighted by atomic mass is 16.5. The molecule has 2 aromatic heterocycles. The third kappa shape index (κ3) is 3.66. The smallest absolute Gasteiger partial charge is 0.176 e. The fraction of sp³-hybridized carbons (Fsp3) is 0.350. The SMILES string of the molecule is COc1cccc2cc(CNCc3ccnc(N4CCOCC4)c3)oc12. The Morgan fingerprint density at radius 3 is 2.88 bits per heavy atom. The minimum absolute atomic E-state index is 0.660. The zero-order chi connectivity index (χ0) is 17.8. The third-order valence-electron chi connectivity index (χ3n) is 4.55. The van der Waals surface area contributed by atoms with Gasteiger partial charge in [-0.25, -0.2) is 4.98 Å². The molecule has 1 aliphatic rings. The summed E-state index contributed by atoms with van der Waals surface area (Å²) >= 11 is 0. The Morgan fingerprint density at radius 1 is 1.15 bits per heavy atom. The first kappa shape index (κ1) is 16.9. The van der Waals surface area contributed by atoms with E-state index in [1.807, 2.05) is 30.5 Å². The lowest BCUT2D eigenvalue weighted by Crippen LogP contribution is -2.36. The lowest BCUT2D eigenvalue weighted by atomic mass is 10.2. The van der Waals surface area contributed by atoms with Crippen molar-refractivity contribution in [3.8, 4) is 5.75 Å². The number of pyridine rings is 1. The summed E-state index contributed by atoms with van der Waals surface area (Å²) in [6.07, 6.45) is 1.87. The summed E-state index contributed by atoms with van der Waals surface area (Å²) in [4.78, 5) is 6.75. The fourth-order valence-electron chi connectivity index (χ4n) is 3.20. The molecule has 1 aliphatic heterocycles. The molecule has 1 N–H and O–H groups in total. The van der Waals surface area contributed by atoms with Gasteiger partial charge >= 0.3 is 0 Å². The van der Waals surface area contributed by atoms with Gasteiger partial charge in [0, 0.05) is 31.2 Å². The van der Waals surface area contributed by atoms with Crippen LogP contribution in [0, 0.1) is 0 Å². The summed E-state index contributed by atoms with van der Waals surface area (Å²) in [6.45, 7) is 4.73. The lowest BCUT2D eigenvalue weighted by Gasteiger charge is -2.28. The van der Waals surface area contributed by atoms with Crippen LogP contribution in [0.5, 0.6) is 5.75 Å². The maximum Gasteiger partial charge on any atom is 0.176 e. The second-order valence-corrected chi connectivity index (χ2v) is 6.32. The van der Waals surface area contributed by atoms with E-state index in [2.05, 4.69) is 27.3 Å². The molecule has 3 heterocycles. The highest BCUT2D eigenvalue weighted by molar-refractivity contribution is 5.83.